The van der Waals surface area contributed by atoms with Gasteiger partial charge in [0.05, 0.1) is 21.8 Å². The van der Waals surface area contributed by atoms with Gasteiger partial charge in [-0.1, -0.05) is 34.6 Å². The molecule has 1 atom stereocenters. The molecule has 1 aromatic heterocycles. The molecule has 0 unspecified atom stereocenters. The molecule has 8 heteroatoms. The van der Waals surface area contributed by atoms with E-state index in [1.807, 2.05) is 39.1 Å². The molecule has 0 saturated carbocycles. The van der Waals surface area contributed by atoms with Crippen molar-refractivity contribution in [3.8, 4) is 5.75 Å². The Balaban J connectivity index is 2.84. The maximum atomic E-state index is 13.4. The van der Waals surface area contributed by atoms with Crippen molar-refractivity contribution in [2.45, 2.75) is 98.5 Å². The Kier molecular flexibility index (Phi) is 9.31. The zero-order valence-corrected chi connectivity index (χ0v) is 26.1. The summed E-state index contributed by atoms with van der Waals surface area (Å²) in [4.78, 5) is 37.1. The van der Waals surface area contributed by atoms with Crippen LogP contribution in [0, 0.1) is 8.99 Å². The smallest absolute Gasteiger partial charge is 0.343 e. The molecule has 0 aliphatic rings. The zero-order valence-electron chi connectivity index (χ0n) is 22.9. The minimum absolute atomic E-state index is 0.0177. The molecular formula is C27H42INO5Si. The van der Waals surface area contributed by atoms with Gasteiger partial charge in [-0.25, -0.2) is 4.79 Å². The SMILES string of the molecule is CCOC(=O)c1cn([C@H](CCC(C)(C)[Si](C)(C)O)C(C)(C)C)c2cc(OC(C)C)c(I)cc2c1=O. The number of hydrogen-bond donors (Lipinski definition) is 1. The Morgan fingerprint density at radius 3 is 2.26 bits per heavy atom. The van der Waals surface area contributed by atoms with Crippen molar-refractivity contribution in [3.05, 3.63) is 37.7 Å². The molecule has 0 aliphatic heterocycles. The summed E-state index contributed by atoms with van der Waals surface area (Å²) in [6, 6.07) is 3.69. The summed E-state index contributed by atoms with van der Waals surface area (Å²) >= 11 is 2.17. The highest BCUT2D eigenvalue weighted by atomic mass is 127. The molecule has 6 nitrogen and oxygen atoms in total. The molecular weight excluding hydrogens is 573 g/mol. The lowest BCUT2D eigenvalue weighted by atomic mass is 9.82. The number of fused-ring (bicyclic) bond motifs is 1. The van der Waals surface area contributed by atoms with E-state index in [9.17, 15) is 14.4 Å². The molecule has 0 radical (unpaired) electrons. The summed E-state index contributed by atoms with van der Waals surface area (Å²) in [5, 5.41) is 0.276. The monoisotopic (exact) mass is 615 g/mol. The van der Waals surface area contributed by atoms with Crippen LogP contribution in [0.5, 0.6) is 5.75 Å². The van der Waals surface area contributed by atoms with Crippen LogP contribution in [0.2, 0.25) is 18.1 Å². The Bertz CT molecular complexity index is 1130. The third kappa shape index (κ3) is 6.89. The predicted octanol–water partition coefficient (Wildman–Crippen LogP) is 6.92. The van der Waals surface area contributed by atoms with Gasteiger partial charge in [-0.05, 0) is 85.8 Å². The number of nitrogens with zero attached hydrogens (tertiary/aromatic N) is 1. The molecule has 0 saturated heterocycles. The summed E-state index contributed by atoms with van der Waals surface area (Å²) in [5.74, 6) is 0.101. The Labute approximate surface area is 224 Å². The third-order valence-electron chi connectivity index (χ3n) is 6.98. The number of pyridine rings is 1. The number of ether oxygens (including phenoxy) is 2. The maximum absolute atomic E-state index is 13.4. The van der Waals surface area contributed by atoms with E-state index in [-0.39, 0.29) is 40.2 Å². The molecule has 2 aromatic rings. The first-order chi connectivity index (χ1) is 15.9. The quantitative estimate of drug-likeness (QED) is 0.188. The van der Waals surface area contributed by atoms with Crippen LogP contribution in [0.15, 0.2) is 23.1 Å². The summed E-state index contributed by atoms with van der Waals surface area (Å²) in [5.41, 5.74) is 0.253. The van der Waals surface area contributed by atoms with Gasteiger partial charge in [-0.2, -0.15) is 0 Å². The minimum atomic E-state index is -2.40. The summed E-state index contributed by atoms with van der Waals surface area (Å²) in [6.07, 6.45) is 3.24. The standard InChI is InChI=1S/C27H42INO5Si/c1-11-33-25(31)19-16-29(23(26(4,5)6)12-13-27(7,8)35(9,10)32)21-15-22(34-17(2)3)20(28)14-18(21)24(19)30/h14-17,23,32H,11-13H2,1-10H3/t23-/m1/s1. The van der Waals surface area contributed by atoms with Crippen molar-refractivity contribution >= 4 is 47.8 Å². The summed E-state index contributed by atoms with van der Waals surface area (Å²) in [7, 11) is -2.40. The van der Waals surface area contributed by atoms with Gasteiger partial charge in [-0.3, -0.25) is 4.79 Å². The number of rotatable bonds is 9. The Morgan fingerprint density at radius 1 is 1.17 bits per heavy atom. The second-order valence-corrected chi connectivity index (χ2v) is 17.5. The second kappa shape index (κ2) is 10.9. The van der Waals surface area contributed by atoms with Crippen LogP contribution in [0.1, 0.15) is 84.6 Å². The van der Waals surface area contributed by atoms with Crippen molar-refractivity contribution in [3.63, 3.8) is 0 Å². The number of aromatic nitrogens is 1. The number of halogens is 1. The first kappa shape index (κ1) is 29.8. The molecule has 0 bridgehead atoms. The highest BCUT2D eigenvalue weighted by Gasteiger charge is 2.39. The van der Waals surface area contributed by atoms with E-state index >= 15 is 0 Å². The number of esters is 1. The fraction of sp³-hybridized carbons (Fsp3) is 0.630. The largest absolute Gasteiger partial charge is 0.490 e. The highest BCUT2D eigenvalue weighted by Crippen LogP contribution is 2.45. The highest BCUT2D eigenvalue weighted by molar-refractivity contribution is 14.1. The normalized spacial score (nSPS) is 13.9. The van der Waals surface area contributed by atoms with Gasteiger partial charge in [0, 0.05) is 23.7 Å². The van der Waals surface area contributed by atoms with E-state index in [0.717, 1.165) is 21.9 Å². The first-order valence-electron chi connectivity index (χ1n) is 12.3. The summed E-state index contributed by atoms with van der Waals surface area (Å²) in [6.45, 7) is 20.6. The van der Waals surface area contributed by atoms with E-state index in [4.69, 9.17) is 9.47 Å². The van der Waals surface area contributed by atoms with Crippen LogP contribution in [0.3, 0.4) is 0 Å². The lowest BCUT2D eigenvalue weighted by molar-refractivity contribution is 0.0523. The maximum Gasteiger partial charge on any atom is 0.343 e. The van der Waals surface area contributed by atoms with Crippen LogP contribution < -0.4 is 10.2 Å². The lowest BCUT2D eigenvalue weighted by Crippen LogP contribution is -2.40. The number of carbonyl (C=O) groups is 1. The Hall–Kier alpha value is -1.39. The van der Waals surface area contributed by atoms with Crippen LogP contribution >= 0.6 is 22.6 Å². The van der Waals surface area contributed by atoms with Crippen LogP contribution in [0.4, 0.5) is 0 Å². The Morgan fingerprint density at radius 2 is 1.77 bits per heavy atom. The van der Waals surface area contributed by atoms with E-state index < -0.39 is 14.3 Å². The first-order valence-corrected chi connectivity index (χ1v) is 16.4. The summed E-state index contributed by atoms with van der Waals surface area (Å²) < 4.78 is 14.2. The number of hydrogen-bond acceptors (Lipinski definition) is 5. The molecule has 0 fully saturated rings. The van der Waals surface area contributed by atoms with E-state index in [2.05, 4.69) is 61.8 Å². The van der Waals surface area contributed by atoms with Crippen LogP contribution in [-0.2, 0) is 4.74 Å². The molecule has 35 heavy (non-hydrogen) atoms. The molecule has 1 aromatic carbocycles. The van der Waals surface area contributed by atoms with Gasteiger partial charge in [0.25, 0.3) is 0 Å². The molecule has 0 amide bonds. The lowest BCUT2D eigenvalue weighted by Gasteiger charge is -2.40. The predicted molar refractivity (Wildman–Crippen MR) is 154 cm³/mol. The van der Waals surface area contributed by atoms with Crippen molar-refractivity contribution in [1.82, 2.24) is 4.57 Å². The molecule has 196 valence electrons. The van der Waals surface area contributed by atoms with Crippen LogP contribution in [-0.4, -0.2) is 36.4 Å². The fourth-order valence-electron chi connectivity index (χ4n) is 4.10. The average molecular weight is 616 g/mol. The second-order valence-electron chi connectivity index (χ2n) is 11.8. The van der Waals surface area contributed by atoms with Crippen molar-refractivity contribution in [2.75, 3.05) is 6.61 Å². The van der Waals surface area contributed by atoms with Crippen molar-refractivity contribution < 1.29 is 19.1 Å². The molecule has 1 N–H and O–H groups in total. The topological polar surface area (TPSA) is 77.8 Å². The molecule has 0 spiro atoms. The van der Waals surface area contributed by atoms with Crippen molar-refractivity contribution in [1.29, 1.82) is 0 Å². The van der Waals surface area contributed by atoms with Gasteiger partial charge in [0.15, 0.2) is 8.32 Å². The van der Waals surface area contributed by atoms with Crippen molar-refractivity contribution in [2.24, 2.45) is 5.41 Å². The number of carbonyl (C=O) groups excluding carboxylic acids is 1. The van der Waals surface area contributed by atoms with E-state index in [1.165, 1.54) is 0 Å². The fourth-order valence-corrected chi connectivity index (χ4v) is 5.45. The van der Waals surface area contributed by atoms with Gasteiger partial charge in [0.2, 0.25) is 5.43 Å². The third-order valence-corrected chi connectivity index (χ3v) is 11.4. The average Bonchev–Trinajstić information content (AvgIpc) is 2.68. The minimum Gasteiger partial charge on any atom is -0.490 e. The van der Waals surface area contributed by atoms with Gasteiger partial charge >= 0.3 is 5.97 Å². The molecule has 1 heterocycles. The van der Waals surface area contributed by atoms with Gasteiger partial charge in [0.1, 0.15) is 11.3 Å². The van der Waals surface area contributed by atoms with Crippen LogP contribution in [0.25, 0.3) is 10.9 Å². The zero-order chi connectivity index (χ0) is 26.9. The molecule has 0 aliphatic carbocycles. The van der Waals surface area contributed by atoms with Gasteiger partial charge in [-0.15, -0.1) is 0 Å². The molecule has 2 rings (SSSR count). The van der Waals surface area contributed by atoms with E-state index in [1.54, 1.807) is 13.1 Å². The number of benzene rings is 1. The van der Waals surface area contributed by atoms with E-state index in [0.29, 0.717) is 11.1 Å². The van der Waals surface area contributed by atoms with Gasteiger partial charge < -0.3 is 18.8 Å².